The van der Waals surface area contributed by atoms with Crippen LogP contribution in [0.4, 0.5) is 0 Å². The summed E-state index contributed by atoms with van der Waals surface area (Å²) < 4.78 is 11.1. The smallest absolute Gasteiger partial charge is 0.340 e. The van der Waals surface area contributed by atoms with Gasteiger partial charge in [-0.05, 0) is 24.4 Å². The van der Waals surface area contributed by atoms with Crippen molar-refractivity contribution in [3.05, 3.63) is 65.0 Å². The number of hydrogen-bond donors (Lipinski definition) is 1. The van der Waals surface area contributed by atoms with E-state index in [2.05, 4.69) is 9.97 Å². The first-order chi connectivity index (χ1) is 11.7. The molecule has 0 aliphatic heterocycles. The van der Waals surface area contributed by atoms with Crippen LogP contribution in [0.2, 0.25) is 0 Å². The van der Waals surface area contributed by atoms with Crippen LogP contribution >= 0.6 is 11.3 Å². The van der Waals surface area contributed by atoms with Crippen molar-refractivity contribution in [2.45, 2.75) is 13.5 Å². The highest BCUT2D eigenvalue weighted by atomic mass is 32.1. The van der Waals surface area contributed by atoms with Crippen LogP contribution in [0.25, 0.3) is 21.7 Å². The van der Waals surface area contributed by atoms with Gasteiger partial charge < -0.3 is 14.1 Å². The Morgan fingerprint density at radius 3 is 3.00 bits per heavy atom. The summed E-state index contributed by atoms with van der Waals surface area (Å²) in [6.07, 6.45) is 1.67. The van der Waals surface area contributed by atoms with Crippen LogP contribution in [0.15, 0.2) is 52.4 Å². The largest absolute Gasteiger partial charge is 0.455 e. The van der Waals surface area contributed by atoms with Crippen LogP contribution in [-0.2, 0) is 11.3 Å². The lowest BCUT2D eigenvalue weighted by molar-refractivity contribution is 0.0469. The molecule has 0 saturated carbocycles. The van der Waals surface area contributed by atoms with Crippen molar-refractivity contribution in [3.63, 3.8) is 0 Å². The maximum Gasteiger partial charge on any atom is 0.340 e. The van der Waals surface area contributed by atoms with Gasteiger partial charge in [-0.3, -0.25) is 0 Å². The fourth-order valence-electron chi connectivity index (χ4n) is 2.52. The maximum absolute atomic E-state index is 12.3. The van der Waals surface area contributed by atoms with Crippen LogP contribution in [0, 0.1) is 6.92 Å². The van der Waals surface area contributed by atoms with Crippen molar-refractivity contribution in [2.24, 2.45) is 0 Å². The molecule has 4 aromatic rings. The van der Waals surface area contributed by atoms with E-state index in [4.69, 9.17) is 9.15 Å². The van der Waals surface area contributed by atoms with Crippen molar-refractivity contribution < 1.29 is 13.9 Å². The molecule has 0 bridgehead atoms. The Bertz CT molecular complexity index is 999. The number of H-pyrrole nitrogens is 1. The minimum Gasteiger partial charge on any atom is -0.455 e. The number of hydrogen-bond acceptors (Lipinski definition) is 5. The normalized spacial score (nSPS) is 11.0. The third kappa shape index (κ3) is 2.61. The van der Waals surface area contributed by atoms with Gasteiger partial charge in [0.2, 0.25) is 5.89 Å². The van der Waals surface area contributed by atoms with Crippen LogP contribution in [0.5, 0.6) is 0 Å². The lowest BCUT2D eigenvalue weighted by Gasteiger charge is -2.02. The number of esters is 1. The van der Waals surface area contributed by atoms with E-state index in [-0.39, 0.29) is 12.6 Å². The van der Waals surface area contributed by atoms with Crippen LogP contribution in [-0.4, -0.2) is 15.9 Å². The zero-order chi connectivity index (χ0) is 16.5. The van der Waals surface area contributed by atoms with E-state index in [0.29, 0.717) is 22.9 Å². The highest BCUT2D eigenvalue weighted by molar-refractivity contribution is 7.13. The molecular weight excluding hydrogens is 324 g/mol. The zero-order valence-electron chi connectivity index (χ0n) is 12.9. The molecule has 0 atom stereocenters. The lowest BCUT2D eigenvalue weighted by Crippen LogP contribution is -2.05. The van der Waals surface area contributed by atoms with Gasteiger partial charge in [-0.15, -0.1) is 11.3 Å². The number of fused-ring (bicyclic) bond motifs is 1. The van der Waals surface area contributed by atoms with Gasteiger partial charge in [0.1, 0.15) is 18.1 Å². The topological polar surface area (TPSA) is 68.1 Å². The molecule has 5 nitrogen and oxygen atoms in total. The van der Waals surface area contributed by atoms with E-state index >= 15 is 0 Å². The molecule has 0 fully saturated rings. The minimum absolute atomic E-state index is 0.0824. The Balaban J connectivity index is 1.52. The van der Waals surface area contributed by atoms with Crippen LogP contribution in [0.3, 0.4) is 0 Å². The summed E-state index contributed by atoms with van der Waals surface area (Å²) in [4.78, 5) is 20.8. The van der Waals surface area contributed by atoms with E-state index in [0.717, 1.165) is 15.8 Å². The molecule has 0 unspecified atom stereocenters. The van der Waals surface area contributed by atoms with E-state index in [1.165, 1.54) is 0 Å². The van der Waals surface area contributed by atoms with Gasteiger partial charge in [-0.2, -0.15) is 0 Å². The third-order valence-electron chi connectivity index (χ3n) is 3.77. The monoisotopic (exact) mass is 338 g/mol. The van der Waals surface area contributed by atoms with Gasteiger partial charge in [-0.25, -0.2) is 9.78 Å². The molecule has 0 saturated heterocycles. The predicted octanol–water partition coefficient (Wildman–Crippen LogP) is 4.55. The number of aryl methyl sites for hydroxylation is 1. The molecule has 1 N–H and O–H groups in total. The predicted molar refractivity (Wildman–Crippen MR) is 92.0 cm³/mol. The molecule has 0 radical (unpaired) electrons. The summed E-state index contributed by atoms with van der Waals surface area (Å²) in [5.74, 6) is 0.832. The number of carbonyl (C=O) groups excluding carboxylic acids is 1. The second kappa shape index (κ2) is 5.98. The number of nitrogens with one attached hydrogen (secondary N) is 1. The number of para-hydroxylation sites is 1. The SMILES string of the molecule is Cc1oc(-c2cccs2)nc1COC(=O)c1c[nH]c2ccccc12. The molecule has 0 amide bonds. The summed E-state index contributed by atoms with van der Waals surface area (Å²) >= 11 is 1.55. The molecule has 0 spiro atoms. The van der Waals surface area contributed by atoms with Gasteiger partial charge in [0.05, 0.1) is 10.4 Å². The Labute approximate surface area is 141 Å². The highest BCUT2D eigenvalue weighted by Crippen LogP contribution is 2.26. The van der Waals surface area contributed by atoms with Crippen molar-refractivity contribution in [1.29, 1.82) is 0 Å². The fraction of sp³-hybridized carbons (Fsp3) is 0.111. The van der Waals surface area contributed by atoms with E-state index in [1.54, 1.807) is 17.5 Å². The number of benzene rings is 1. The first kappa shape index (κ1) is 14.7. The average Bonchev–Trinajstić information content (AvgIpc) is 3.32. The Morgan fingerprint density at radius 1 is 1.29 bits per heavy atom. The molecule has 1 aromatic carbocycles. The molecule has 0 aliphatic rings. The maximum atomic E-state index is 12.3. The second-order valence-electron chi connectivity index (χ2n) is 5.32. The van der Waals surface area contributed by atoms with Gasteiger partial charge in [0, 0.05) is 17.1 Å². The average molecular weight is 338 g/mol. The Morgan fingerprint density at radius 2 is 2.17 bits per heavy atom. The van der Waals surface area contributed by atoms with Crippen molar-refractivity contribution >= 4 is 28.2 Å². The number of aromatic amines is 1. The molecule has 3 aromatic heterocycles. The van der Waals surface area contributed by atoms with E-state index in [9.17, 15) is 4.79 Å². The first-order valence-corrected chi connectivity index (χ1v) is 8.34. The fourth-order valence-corrected chi connectivity index (χ4v) is 3.17. The van der Waals surface area contributed by atoms with Crippen molar-refractivity contribution in [2.75, 3.05) is 0 Å². The summed E-state index contributed by atoms with van der Waals surface area (Å²) in [5.41, 5.74) is 2.05. The number of thiophene rings is 1. The first-order valence-electron chi connectivity index (χ1n) is 7.46. The quantitative estimate of drug-likeness (QED) is 0.554. The number of nitrogens with zero attached hydrogens (tertiary/aromatic N) is 1. The van der Waals surface area contributed by atoms with Crippen LogP contribution in [0.1, 0.15) is 21.8 Å². The number of oxazole rings is 1. The Hall–Kier alpha value is -2.86. The van der Waals surface area contributed by atoms with Crippen molar-refractivity contribution in [3.8, 4) is 10.8 Å². The molecule has 0 aliphatic carbocycles. The zero-order valence-corrected chi connectivity index (χ0v) is 13.7. The van der Waals surface area contributed by atoms with E-state index < -0.39 is 0 Å². The molecule has 4 rings (SSSR count). The third-order valence-corrected chi connectivity index (χ3v) is 4.63. The second-order valence-corrected chi connectivity index (χ2v) is 6.27. The highest BCUT2D eigenvalue weighted by Gasteiger charge is 2.17. The number of aromatic nitrogens is 2. The molecule has 6 heteroatoms. The molecule has 3 heterocycles. The summed E-state index contributed by atoms with van der Waals surface area (Å²) in [5, 5.41) is 2.81. The molecular formula is C18H14N2O3S. The van der Waals surface area contributed by atoms with Gasteiger partial charge in [-0.1, -0.05) is 24.3 Å². The molecule has 120 valence electrons. The summed E-state index contributed by atoms with van der Waals surface area (Å²) in [6, 6.07) is 11.5. The van der Waals surface area contributed by atoms with Gasteiger partial charge >= 0.3 is 5.97 Å². The van der Waals surface area contributed by atoms with E-state index in [1.807, 2.05) is 48.7 Å². The summed E-state index contributed by atoms with van der Waals surface area (Å²) in [6.45, 7) is 1.90. The van der Waals surface area contributed by atoms with Crippen LogP contribution < -0.4 is 0 Å². The Kier molecular flexibility index (Phi) is 3.66. The molecule has 24 heavy (non-hydrogen) atoms. The number of ether oxygens (including phenoxy) is 1. The lowest BCUT2D eigenvalue weighted by atomic mass is 10.2. The van der Waals surface area contributed by atoms with Gasteiger partial charge in [0.15, 0.2) is 0 Å². The standard InChI is InChI=1S/C18H14N2O3S/c1-11-15(20-17(23-11)16-7-4-8-24-16)10-22-18(21)13-9-19-14-6-3-2-5-12(13)14/h2-9,19H,10H2,1H3. The number of carbonyl (C=O) groups is 1. The minimum atomic E-state index is -0.382. The van der Waals surface area contributed by atoms with Crippen molar-refractivity contribution in [1.82, 2.24) is 9.97 Å². The summed E-state index contributed by atoms with van der Waals surface area (Å²) in [7, 11) is 0. The van der Waals surface area contributed by atoms with Gasteiger partial charge in [0.25, 0.3) is 0 Å². The number of rotatable bonds is 4.